The maximum Gasteiger partial charge on any atom is 0.338 e. The van der Waals surface area contributed by atoms with Crippen molar-refractivity contribution in [3.05, 3.63) is 90.0 Å². The quantitative estimate of drug-likeness (QED) is 0.579. The summed E-state index contributed by atoms with van der Waals surface area (Å²) in [5.74, 6) is 0.772. The number of anilines is 1. The van der Waals surface area contributed by atoms with E-state index in [0.29, 0.717) is 36.6 Å². The molecule has 3 aromatic rings. The molecule has 1 atom stereocenters. The molecule has 1 aliphatic heterocycles. The number of fused-ring (bicyclic) bond motifs is 1. The molecule has 1 N–H and O–H groups in total. The van der Waals surface area contributed by atoms with E-state index in [1.807, 2.05) is 54.6 Å². The van der Waals surface area contributed by atoms with Gasteiger partial charge in [-0.2, -0.15) is 0 Å². The topological polar surface area (TPSA) is 67.9 Å². The first-order chi connectivity index (χ1) is 15.1. The number of nitrogens with zero attached hydrogens (tertiary/aromatic N) is 1. The number of carbonyl (C=O) groups excluding carboxylic acids is 2. The first kappa shape index (κ1) is 20.8. The van der Waals surface area contributed by atoms with Gasteiger partial charge in [-0.15, -0.1) is 0 Å². The molecule has 0 aliphatic carbocycles. The van der Waals surface area contributed by atoms with Crippen LogP contribution < -0.4 is 19.1 Å². The van der Waals surface area contributed by atoms with E-state index in [-0.39, 0.29) is 0 Å². The van der Waals surface area contributed by atoms with Gasteiger partial charge in [0.05, 0.1) is 5.69 Å². The molecule has 0 aromatic heterocycles. The van der Waals surface area contributed by atoms with Gasteiger partial charge in [0.2, 0.25) is 0 Å². The predicted octanol–water partition coefficient (Wildman–Crippen LogP) is 4.55. The lowest BCUT2D eigenvalue weighted by Crippen LogP contribution is -2.46. The number of aryl methyl sites for hydroxylation is 1. The number of para-hydroxylation sites is 1. The van der Waals surface area contributed by atoms with E-state index in [9.17, 15) is 9.59 Å². The van der Waals surface area contributed by atoms with Crippen LogP contribution in [0.5, 0.6) is 11.5 Å². The Hall–Kier alpha value is -3.45. The van der Waals surface area contributed by atoms with E-state index in [4.69, 9.17) is 9.47 Å². The van der Waals surface area contributed by atoms with Crippen LogP contribution >= 0.6 is 12.8 Å². The van der Waals surface area contributed by atoms with Crippen molar-refractivity contribution in [3.8, 4) is 11.5 Å². The van der Waals surface area contributed by atoms with Gasteiger partial charge in [0.15, 0.2) is 6.10 Å². The average molecular weight is 435 g/mol. The Balaban J connectivity index is 1.35. The van der Waals surface area contributed by atoms with Crippen LogP contribution in [-0.4, -0.2) is 18.0 Å². The molecule has 1 heterocycles. The van der Waals surface area contributed by atoms with E-state index in [2.05, 4.69) is 18.1 Å². The predicted molar refractivity (Wildman–Crippen MR) is 121 cm³/mol. The summed E-state index contributed by atoms with van der Waals surface area (Å²) in [4.78, 5) is 25.1. The first-order valence-electron chi connectivity index (χ1n) is 9.95. The van der Waals surface area contributed by atoms with Crippen molar-refractivity contribution in [3.63, 3.8) is 0 Å². The Kier molecular flexibility index (Phi) is 6.43. The summed E-state index contributed by atoms with van der Waals surface area (Å²) in [6.45, 7) is 0.405. The number of rotatable bonds is 5. The normalized spacial score (nSPS) is 14.7. The number of benzene rings is 3. The molecular weight excluding hydrogens is 412 g/mol. The van der Waals surface area contributed by atoms with E-state index in [1.54, 1.807) is 24.3 Å². The molecular formula is C24H22N2O4S. The molecule has 1 aliphatic rings. The third-order valence-corrected chi connectivity index (χ3v) is 5.36. The SMILES string of the molecule is O=C(NC(=O)N(S)c1cccc(OCc2ccccc2)c1)C1CCc2ccccc2O1. The minimum atomic E-state index is -0.721. The maximum atomic E-state index is 12.6. The molecule has 0 spiro atoms. The van der Waals surface area contributed by atoms with Crippen molar-refractivity contribution >= 4 is 30.4 Å². The molecule has 0 radical (unpaired) electrons. The van der Waals surface area contributed by atoms with Gasteiger partial charge in [0, 0.05) is 6.07 Å². The van der Waals surface area contributed by atoms with Gasteiger partial charge in [0.1, 0.15) is 18.1 Å². The van der Waals surface area contributed by atoms with Crippen molar-refractivity contribution in [1.82, 2.24) is 5.32 Å². The fourth-order valence-corrected chi connectivity index (χ4v) is 3.49. The highest BCUT2D eigenvalue weighted by atomic mass is 32.1. The molecule has 158 valence electrons. The Morgan fingerprint density at radius 2 is 1.81 bits per heavy atom. The second-order valence-corrected chi connectivity index (χ2v) is 7.53. The van der Waals surface area contributed by atoms with Crippen LogP contribution in [0.3, 0.4) is 0 Å². The number of nitrogens with one attached hydrogen (secondary N) is 1. The lowest BCUT2D eigenvalue weighted by Gasteiger charge is -2.25. The minimum Gasteiger partial charge on any atom is -0.489 e. The zero-order valence-electron chi connectivity index (χ0n) is 16.7. The lowest BCUT2D eigenvalue weighted by atomic mass is 10.0. The third-order valence-electron chi connectivity index (χ3n) is 4.94. The van der Waals surface area contributed by atoms with Crippen LogP contribution in [0.4, 0.5) is 10.5 Å². The molecule has 4 rings (SSSR count). The van der Waals surface area contributed by atoms with Crippen molar-refractivity contribution in [1.29, 1.82) is 0 Å². The third kappa shape index (κ3) is 5.19. The highest BCUT2D eigenvalue weighted by Gasteiger charge is 2.28. The summed E-state index contributed by atoms with van der Waals surface area (Å²) >= 11 is 4.26. The largest absolute Gasteiger partial charge is 0.489 e. The van der Waals surface area contributed by atoms with Crippen LogP contribution in [-0.2, 0) is 17.8 Å². The van der Waals surface area contributed by atoms with Crippen molar-refractivity contribution in [2.45, 2.75) is 25.6 Å². The van der Waals surface area contributed by atoms with Crippen LogP contribution in [0.2, 0.25) is 0 Å². The number of carbonyl (C=O) groups is 2. The first-order valence-corrected chi connectivity index (χ1v) is 10.4. The molecule has 0 bridgehead atoms. The highest BCUT2D eigenvalue weighted by Crippen LogP contribution is 2.27. The molecule has 7 heteroatoms. The molecule has 31 heavy (non-hydrogen) atoms. The highest BCUT2D eigenvalue weighted by molar-refractivity contribution is 7.82. The Bertz CT molecular complexity index is 1070. The van der Waals surface area contributed by atoms with Gasteiger partial charge in [-0.25, -0.2) is 9.10 Å². The van der Waals surface area contributed by atoms with Crippen LogP contribution in [0, 0.1) is 0 Å². The van der Waals surface area contributed by atoms with Crippen molar-refractivity contribution < 1.29 is 19.1 Å². The summed E-state index contributed by atoms with van der Waals surface area (Å²) in [5.41, 5.74) is 2.57. The van der Waals surface area contributed by atoms with E-state index in [1.165, 1.54) is 0 Å². The Morgan fingerprint density at radius 1 is 1.03 bits per heavy atom. The molecule has 0 fully saturated rings. The number of hydrogen-bond donors (Lipinski definition) is 2. The molecule has 6 nitrogen and oxygen atoms in total. The van der Waals surface area contributed by atoms with Crippen LogP contribution in [0.25, 0.3) is 0 Å². The molecule has 3 aromatic carbocycles. The van der Waals surface area contributed by atoms with E-state index in [0.717, 1.165) is 15.4 Å². The number of amides is 3. The second-order valence-electron chi connectivity index (χ2n) is 7.13. The number of urea groups is 1. The molecule has 0 saturated heterocycles. The summed E-state index contributed by atoms with van der Waals surface area (Å²) in [7, 11) is 0. The van der Waals surface area contributed by atoms with Gasteiger partial charge < -0.3 is 9.47 Å². The van der Waals surface area contributed by atoms with Gasteiger partial charge in [0.25, 0.3) is 5.91 Å². The Labute approximate surface area is 186 Å². The number of imide groups is 1. The van der Waals surface area contributed by atoms with Crippen LogP contribution in [0.1, 0.15) is 17.5 Å². The molecule has 1 unspecified atom stereocenters. The monoisotopic (exact) mass is 434 g/mol. The minimum absolute atomic E-state index is 0.405. The fourth-order valence-electron chi connectivity index (χ4n) is 3.31. The summed E-state index contributed by atoms with van der Waals surface area (Å²) in [5, 5.41) is 2.36. The molecule has 0 saturated carbocycles. The number of thiol groups is 1. The summed E-state index contributed by atoms with van der Waals surface area (Å²) in [6.07, 6.45) is 0.500. The fraction of sp³-hybridized carbons (Fsp3) is 0.167. The lowest BCUT2D eigenvalue weighted by molar-refractivity contribution is -0.127. The second kappa shape index (κ2) is 9.57. The van der Waals surface area contributed by atoms with Gasteiger partial charge in [-0.3, -0.25) is 10.1 Å². The van der Waals surface area contributed by atoms with E-state index >= 15 is 0 Å². The molecule has 3 amide bonds. The zero-order valence-corrected chi connectivity index (χ0v) is 17.6. The smallest absolute Gasteiger partial charge is 0.338 e. The number of hydrogen-bond acceptors (Lipinski definition) is 5. The van der Waals surface area contributed by atoms with Gasteiger partial charge >= 0.3 is 6.03 Å². The van der Waals surface area contributed by atoms with Gasteiger partial charge in [-0.05, 0) is 42.2 Å². The van der Waals surface area contributed by atoms with Crippen molar-refractivity contribution in [2.24, 2.45) is 0 Å². The summed E-state index contributed by atoms with van der Waals surface area (Å²) in [6, 6.07) is 23.7. The average Bonchev–Trinajstić information content (AvgIpc) is 2.82. The standard InChI is InChI=1S/C24H22N2O4S/c27-23(22-14-13-18-9-4-5-12-21(18)30-22)25-24(28)26(31)19-10-6-11-20(15-19)29-16-17-7-2-1-3-8-17/h1-12,15,22,31H,13-14,16H2,(H,25,27,28). The van der Waals surface area contributed by atoms with E-state index < -0.39 is 18.0 Å². The van der Waals surface area contributed by atoms with Crippen LogP contribution in [0.15, 0.2) is 78.9 Å². The maximum absolute atomic E-state index is 12.6. The van der Waals surface area contributed by atoms with Crippen molar-refractivity contribution in [2.75, 3.05) is 4.31 Å². The van der Waals surface area contributed by atoms with Gasteiger partial charge in [-0.1, -0.05) is 67.4 Å². The number of ether oxygens (including phenoxy) is 2. The summed E-state index contributed by atoms with van der Waals surface area (Å²) < 4.78 is 12.6. The Morgan fingerprint density at radius 3 is 2.65 bits per heavy atom. The zero-order chi connectivity index (χ0) is 21.6.